The summed E-state index contributed by atoms with van der Waals surface area (Å²) in [4.78, 5) is 0.122. The molecule has 0 unspecified atom stereocenters. The van der Waals surface area contributed by atoms with Gasteiger partial charge in [-0.2, -0.15) is 5.10 Å². The molecular formula is C16H14ClN3O2S. The van der Waals surface area contributed by atoms with Gasteiger partial charge in [-0.05, 0) is 43.3 Å². The highest BCUT2D eigenvalue weighted by molar-refractivity contribution is 7.92. The van der Waals surface area contributed by atoms with Gasteiger partial charge in [-0.15, -0.1) is 0 Å². The molecule has 0 saturated heterocycles. The minimum absolute atomic E-state index is 0.122. The van der Waals surface area contributed by atoms with E-state index in [-0.39, 0.29) is 4.90 Å². The molecule has 0 fully saturated rings. The second-order valence-electron chi connectivity index (χ2n) is 5.08. The van der Waals surface area contributed by atoms with Crippen molar-refractivity contribution >= 4 is 27.3 Å². The summed E-state index contributed by atoms with van der Waals surface area (Å²) in [5.74, 6) is 0. The van der Waals surface area contributed by atoms with Crippen molar-refractivity contribution in [3.63, 3.8) is 0 Å². The summed E-state index contributed by atoms with van der Waals surface area (Å²) in [6.07, 6.45) is 0. The van der Waals surface area contributed by atoms with E-state index in [0.29, 0.717) is 10.7 Å². The van der Waals surface area contributed by atoms with E-state index in [4.69, 9.17) is 11.6 Å². The summed E-state index contributed by atoms with van der Waals surface area (Å²) in [6, 6.07) is 15.1. The highest BCUT2D eigenvalue weighted by atomic mass is 35.5. The van der Waals surface area contributed by atoms with Gasteiger partial charge in [0.25, 0.3) is 10.0 Å². The fraction of sp³-hybridized carbons (Fsp3) is 0.0625. The Morgan fingerprint density at radius 2 is 1.83 bits per heavy atom. The summed E-state index contributed by atoms with van der Waals surface area (Å²) in [7, 11) is -3.67. The van der Waals surface area contributed by atoms with Crippen LogP contribution < -0.4 is 4.72 Å². The van der Waals surface area contributed by atoms with Gasteiger partial charge >= 0.3 is 0 Å². The van der Waals surface area contributed by atoms with Gasteiger partial charge < -0.3 is 0 Å². The number of hydrogen-bond acceptors (Lipinski definition) is 3. The average Bonchev–Trinajstić information content (AvgIpc) is 2.94. The lowest BCUT2D eigenvalue weighted by Gasteiger charge is -2.08. The van der Waals surface area contributed by atoms with E-state index in [2.05, 4.69) is 14.9 Å². The Kier molecular flexibility index (Phi) is 4.11. The number of hydrogen-bond donors (Lipinski definition) is 2. The van der Waals surface area contributed by atoms with Gasteiger partial charge in [0.2, 0.25) is 0 Å². The summed E-state index contributed by atoms with van der Waals surface area (Å²) in [5, 5.41) is 7.41. The van der Waals surface area contributed by atoms with Gasteiger partial charge in [0.1, 0.15) is 0 Å². The number of anilines is 1. The van der Waals surface area contributed by atoms with E-state index in [9.17, 15) is 8.42 Å². The minimum atomic E-state index is -3.67. The molecule has 5 nitrogen and oxygen atoms in total. The normalized spacial score (nSPS) is 11.4. The maximum Gasteiger partial charge on any atom is 0.261 e. The molecule has 0 atom stereocenters. The second kappa shape index (κ2) is 6.06. The number of benzene rings is 2. The van der Waals surface area contributed by atoms with Crippen LogP contribution in [0.2, 0.25) is 5.02 Å². The molecule has 2 N–H and O–H groups in total. The number of H-pyrrole nitrogens is 1. The van der Waals surface area contributed by atoms with E-state index < -0.39 is 10.0 Å². The van der Waals surface area contributed by atoms with E-state index in [1.54, 1.807) is 24.3 Å². The number of sulfonamides is 1. The fourth-order valence-corrected chi connectivity index (χ4v) is 3.48. The number of nitrogens with zero attached hydrogens (tertiary/aromatic N) is 1. The van der Waals surface area contributed by atoms with E-state index in [1.165, 1.54) is 12.1 Å². The first kappa shape index (κ1) is 15.6. The van der Waals surface area contributed by atoms with Crippen molar-refractivity contribution in [2.45, 2.75) is 11.8 Å². The molecule has 2 aromatic carbocycles. The number of halogens is 1. The Balaban J connectivity index is 1.83. The Morgan fingerprint density at radius 1 is 1.09 bits per heavy atom. The van der Waals surface area contributed by atoms with E-state index in [0.717, 1.165) is 17.0 Å². The molecule has 118 valence electrons. The molecule has 0 spiro atoms. The molecule has 0 aliphatic heterocycles. The van der Waals surface area contributed by atoms with Crippen LogP contribution in [0.25, 0.3) is 11.3 Å². The zero-order chi connectivity index (χ0) is 16.4. The Bertz CT molecular complexity index is 934. The van der Waals surface area contributed by atoms with Gasteiger partial charge in [-0.3, -0.25) is 9.82 Å². The lowest BCUT2D eigenvalue weighted by molar-refractivity contribution is 0.601. The maximum absolute atomic E-state index is 12.3. The monoisotopic (exact) mass is 347 g/mol. The van der Waals surface area contributed by atoms with Crippen molar-refractivity contribution in [2.24, 2.45) is 0 Å². The second-order valence-corrected chi connectivity index (χ2v) is 7.20. The number of aromatic nitrogens is 2. The van der Waals surface area contributed by atoms with Crippen LogP contribution in [0.4, 0.5) is 5.69 Å². The molecule has 7 heteroatoms. The number of aromatic amines is 1. The van der Waals surface area contributed by atoms with Crippen LogP contribution in [0.15, 0.2) is 59.5 Å². The summed E-state index contributed by atoms with van der Waals surface area (Å²) in [5.41, 5.74) is 3.15. The number of rotatable bonds is 4. The number of nitrogens with one attached hydrogen (secondary N) is 2. The van der Waals surface area contributed by atoms with Crippen molar-refractivity contribution in [2.75, 3.05) is 4.72 Å². The third-order valence-electron chi connectivity index (χ3n) is 3.25. The van der Waals surface area contributed by atoms with Crippen LogP contribution in [0, 0.1) is 6.92 Å². The van der Waals surface area contributed by atoms with E-state index >= 15 is 0 Å². The van der Waals surface area contributed by atoms with Crippen LogP contribution >= 0.6 is 11.6 Å². The van der Waals surface area contributed by atoms with Gasteiger partial charge in [-0.25, -0.2) is 8.42 Å². The van der Waals surface area contributed by atoms with Crippen molar-refractivity contribution in [1.82, 2.24) is 10.2 Å². The van der Waals surface area contributed by atoms with Crippen LogP contribution in [0.5, 0.6) is 0 Å². The SMILES string of the molecule is Cc1cc(-c2ccc(NS(=O)(=O)c3cccc(Cl)c3)cc2)n[nH]1. The molecule has 0 saturated carbocycles. The lowest BCUT2D eigenvalue weighted by atomic mass is 10.1. The first-order chi connectivity index (χ1) is 10.9. The molecule has 0 aliphatic carbocycles. The standard InChI is InChI=1S/C16H14ClN3O2S/c1-11-9-16(19-18-11)12-5-7-14(8-6-12)20-23(21,22)15-4-2-3-13(17)10-15/h2-10,20H,1H3,(H,18,19). The van der Waals surface area contributed by atoms with Crippen LogP contribution in [0.3, 0.4) is 0 Å². The molecule has 0 radical (unpaired) electrons. The quantitative estimate of drug-likeness (QED) is 0.753. The predicted molar refractivity (Wildman–Crippen MR) is 91.0 cm³/mol. The molecule has 23 heavy (non-hydrogen) atoms. The average molecular weight is 348 g/mol. The zero-order valence-corrected chi connectivity index (χ0v) is 13.8. The topological polar surface area (TPSA) is 74.8 Å². The third kappa shape index (κ3) is 3.55. The fourth-order valence-electron chi connectivity index (χ4n) is 2.12. The molecule has 0 bridgehead atoms. The molecule has 3 rings (SSSR count). The largest absolute Gasteiger partial charge is 0.282 e. The van der Waals surface area contributed by atoms with Crippen molar-refractivity contribution < 1.29 is 8.42 Å². The van der Waals surface area contributed by atoms with Crippen LogP contribution in [0.1, 0.15) is 5.69 Å². The molecule has 0 aliphatic rings. The van der Waals surface area contributed by atoms with E-state index in [1.807, 2.05) is 25.1 Å². The first-order valence-corrected chi connectivity index (χ1v) is 8.71. The van der Waals surface area contributed by atoms with Crippen molar-refractivity contribution in [3.05, 3.63) is 65.3 Å². The Labute approximate surface area is 139 Å². The first-order valence-electron chi connectivity index (χ1n) is 6.85. The maximum atomic E-state index is 12.3. The summed E-state index contributed by atoms with van der Waals surface area (Å²) < 4.78 is 27.2. The van der Waals surface area contributed by atoms with Gasteiger partial charge in [0.15, 0.2) is 0 Å². The predicted octanol–water partition coefficient (Wildman–Crippen LogP) is 3.84. The number of aryl methyl sites for hydroxylation is 1. The van der Waals surface area contributed by atoms with Crippen LogP contribution in [-0.4, -0.2) is 18.6 Å². The molecular weight excluding hydrogens is 334 g/mol. The Hall–Kier alpha value is -2.31. The molecule has 3 aromatic rings. The van der Waals surface area contributed by atoms with Gasteiger partial charge in [-0.1, -0.05) is 29.8 Å². The highest BCUT2D eigenvalue weighted by Gasteiger charge is 2.14. The lowest BCUT2D eigenvalue weighted by Crippen LogP contribution is -2.12. The minimum Gasteiger partial charge on any atom is -0.282 e. The summed E-state index contributed by atoms with van der Waals surface area (Å²) >= 11 is 5.84. The third-order valence-corrected chi connectivity index (χ3v) is 4.86. The van der Waals surface area contributed by atoms with Gasteiger partial charge in [0, 0.05) is 22.0 Å². The summed E-state index contributed by atoms with van der Waals surface area (Å²) in [6.45, 7) is 1.92. The molecule has 1 heterocycles. The highest BCUT2D eigenvalue weighted by Crippen LogP contribution is 2.23. The van der Waals surface area contributed by atoms with Gasteiger partial charge in [0.05, 0.1) is 10.6 Å². The zero-order valence-electron chi connectivity index (χ0n) is 12.2. The van der Waals surface area contributed by atoms with Crippen molar-refractivity contribution in [1.29, 1.82) is 0 Å². The van der Waals surface area contributed by atoms with Crippen LogP contribution in [-0.2, 0) is 10.0 Å². The smallest absolute Gasteiger partial charge is 0.261 e. The van der Waals surface area contributed by atoms with Crippen molar-refractivity contribution in [3.8, 4) is 11.3 Å². The molecule has 0 amide bonds. The molecule has 1 aromatic heterocycles. The Morgan fingerprint density at radius 3 is 2.43 bits per heavy atom.